The smallest absolute Gasteiger partial charge is 0.138 e. The van der Waals surface area contributed by atoms with Gasteiger partial charge in [-0.2, -0.15) is 5.10 Å². The summed E-state index contributed by atoms with van der Waals surface area (Å²) < 4.78 is 2.14. The highest BCUT2D eigenvalue weighted by Crippen LogP contribution is 2.60. The van der Waals surface area contributed by atoms with Crippen molar-refractivity contribution in [3.05, 3.63) is 12.2 Å². The second-order valence-corrected chi connectivity index (χ2v) is 7.77. The zero-order chi connectivity index (χ0) is 14.9. The van der Waals surface area contributed by atoms with Crippen LogP contribution in [-0.4, -0.2) is 27.9 Å². The molecule has 0 saturated heterocycles. The van der Waals surface area contributed by atoms with Crippen LogP contribution in [0.3, 0.4) is 0 Å². The van der Waals surface area contributed by atoms with Gasteiger partial charge in [-0.3, -0.25) is 0 Å². The molecule has 1 aromatic rings. The molecular weight excluding hydrogens is 260 g/mol. The summed E-state index contributed by atoms with van der Waals surface area (Å²) in [7, 11) is 0. The molecule has 2 aliphatic carbocycles. The Kier molecular flexibility index (Phi) is 4.34. The van der Waals surface area contributed by atoms with Crippen LogP contribution in [0.25, 0.3) is 0 Å². The van der Waals surface area contributed by atoms with E-state index in [1.165, 1.54) is 31.5 Å². The van der Waals surface area contributed by atoms with Crippen molar-refractivity contribution in [3.8, 4) is 0 Å². The van der Waals surface area contributed by atoms with Gasteiger partial charge in [-0.15, -0.1) is 0 Å². The van der Waals surface area contributed by atoms with Crippen molar-refractivity contribution < 1.29 is 0 Å². The first-order valence-electron chi connectivity index (χ1n) is 8.69. The van der Waals surface area contributed by atoms with E-state index in [4.69, 9.17) is 0 Å². The van der Waals surface area contributed by atoms with Crippen molar-refractivity contribution >= 4 is 0 Å². The van der Waals surface area contributed by atoms with E-state index in [0.717, 1.165) is 37.9 Å². The molecule has 2 unspecified atom stereocenters. The third kappa shape index (κ3) is 3.47. The number of nitrogens with zero attached hydrogens (tertiary/aromatic N) is 3. The molecular formula is C17H30N4. The van der Waals surface area contributed by atoms with Gasteiger partial charge >= 0.3 is 0 Å². The van der Waals surface area contributed by atoms with Gasteiger partial charge in [0, 0.05) is 19.5 Å². The van der Waals surface area contributed by atoms with Crippen LogP contribution in [0.15, 0.2) is 6.33 Å². The van der Waals surface area contributed by atoms with E-state index < -0.39 is 0 Å². The lowest BCUT2D eigenvalue weighted by Crippen LogP contribution is -2.36. The molecule has 0 spiro atoms. The van der Waals surface area contributed by atoms with E-state index in [9.17, 15) is 0 Å². The van der Waals surface area contributed by atoms with Crippen LogP contribution in [0.5, 0.6) is 0 Å². The van der Waals surface area contributed by atoms with Gasteiger partial charge in [0.2, 0.25) is 0 Å². The molecule has 0 aliphatic heterocycles. The Bertz CT molecular complexity index is 455. The Balaban J connectivity index is 1.68. The third-order valence-electron chi connectivity index (χ3n) is 5.15. The minimum absolute atomic E-state index is 0.435. The molecule has 4 heteroatoms. The van der Waals surface area contributed by atoms with Gasteiger partial charge in [-0.1, -0.05) is 20.8 Å². The molecule has 0 bridgehead atoms. The lowest BCUT2D eigenvalue weighted by atomic mass is 9.79. The molecule has 118 valence electrons. The topological polar surface area (TPSA) is 42.7 Å². The number of hydrogen-bond acceptors (Lipinski definition) is 3. The second kappa shape index (κ2) is 6.07. The van der Waals surface area contributed by atoms with Crippen LogP contribution in [0.1, 0.15) is 52.3 Å². The van der Waals surface area contributed by atoms with Crippen molar-refractivity contribution in [2.75, 3.05) is 13.1 Å². The fourth-order valence-corrected chi connectivity index (χ4v) is 4.15. The third-order valence-corrected chi connectivity index (χ3v) is 5.15. The summed E-state index contributed by atoms with van der Waals surface area (Å²) in [5.74, 6) is 3.84. The summed E-state index contributed by atoms with van der Waals surface area (Å²) in [5.41, 5.74) is 0.435. The Morgan fingerprint density at radius 1 is 1.38 bits per heavy atom. The molecule has 2 aliphatic rings. The molecule has 0 radical (unpaired) electrons. The number of fused-ring (bicyclic) bond motifs is 1. The lowest BCUT2D eigenvalue weighted by molar-refractivity contribution is 0.238. The van der Waals surface area contributed by atoms with Crippen molar-refractivity contribution in [1.29, 1.82) is 0 Å². The van der Waals surface area contributed by atoms with Gasteiger partial charge in [0.1, 0.15) is 12.2 Å². The molecule has 2 fully saturated rings. The highest BCUT2D eigenvalue weighted by atomic mass is 15.3. The maximum absolute atomic E-state index is 4.57. The molecule has 2 atom stereocenters. The zero-order valence-electron chi connectivity index (χ0n) is 13.8. The minimum atomic E-state index is 0.435. The summed E-state index contributed by atoms with van der Waals surface area (Å²) in [6.45, 7) is 10.0. The van der Waals surface area contributed by atoms with Gasteiger partial charge in [0.25, 0.3) is 0 Å². The summed E-state index contributed by atoms with van der Waals surface area (Å²) in [6, 6.07) is 0. The molecule has 4 nitrogen and oxygen atoms in total. The molecule has 21 heavy (non-hydrogen) atoms. The molecule has 1 aromatic heterocycles. The molecule has 1 heterocycles. The maximum Gasteiger partial charge on any atom is 0.138 e. The number of nitrogens with one attached hydrogen (secondary N) is 1. The van der Waals surface area contributed by atoms with E-state index in [0.29, 0.717) is 11.3 Å². The van der Waals surface area contributed by atoms with Crippen LogP contribution in [-0.2, 0) is 13.0 Å². The average molecular weight is 290 g/mol. The van der Waals surface area contributed by atoms with E-state index in [1.807, 2.05) is 0 Å². The van der Waals surface area contributed by atoms with Crippen molar-refractivity contribution in [1.82, 2.24) is 20.1 Å². The number of rotatable bonds is 8. The highest BCUT2D eigenvalue weighted by Gasteiger charge is 2.53. The fraction of sp³-hybridized carbons (Fsp3) is 0.882. The Labute approximate surface area is 128 Å². The zero-order valence-corrected chi connectivity index (χ0v) is 13.8. The predicted octanol–water partition coefficient (Wildman–Crippen LogP) is 2.89. The number of aromatic nitrogens is 3. The van der Waals surface area contributed by atoms with E-state index in [2.05, 4.69) is 40.9 Å². The van der Waals surface area contributed by atoms with Gasteiger partial charge in [0.15, 0.2) is 0 Å². The fourth-order valence-electron chi connectivity index (χ4n) is 4.15. The Morgan fingerprint density at radius 3 is 2.81 bits per heavy atom. The monoisotopic (exact) mass is 290 g/mol. The molecule has 0 aromatic carbocycles. The standard InChI is InChI=1S/C17H30N4/c1-4-5-18-11-17(7-14-6-15(14)8-17)9-16-19-12-20-21(16)10-13(2)3/h12-15,18H,4-11H2,1-3H3. The van der Waals surface area contributed by atoms with Crippen molar-refractivity contribution in [2.45, 2.75) is 59.4 Å². The molecule has 3 rings (SSSR count). The first-order chi connectivity index (χ1) is 10.1. The van der Waals surface area contributed by atoms with Crippen LogP contribution >= 0.6 is 0 Å². The van der Waals surface area contributed by atoms with Crippen LogP contribution < -0.4 is 5.32 Å². The highest BCUT2D eigenvalue weighted by molar-refractivity contribution is 5.08. The van der Waals surface area contributed by atoms with Gasteiger partial charge < -0.3 is 5.32 Å². The van der Waals surface area contributed by atoms with Crippen LogP contribution in [0.2, 0.25) is 0 Å². The minimum Gasteiger partial charge on any atom is -0.316 e. The summed E-state index contributed by atoms with van der Waals surface area (Å²) >= 11 is 0. The first kappa shape index (κ1) is 15.0. The molecule has 2 saturated carbocycles. The number of hydrogen-bond donors (Lipinski definition) is 1. The SMILES string of the molecule is CCCNCC1(Cc2ncnn2CC(C)C)CC2CC2C1. The van der Waals surface area contributed by atoms with Gasteiger partial charge in [-0.25, -0.2) is 9.67 Å². The average Bonchev–Trinajstić information content (AvgIpc) is 2.83. The Morgan fingerprint density at radius 2 is 2.14 bits per heavy atom. The first-order valence-corrected chi connectivity index (χ1v) is 8.69. The summed E-state index contributed by atoms with van der Waals surface area (Å²) in [4.78, 5) is 4.57. The lowest BCUT2D eigenvalue weighted by Gasteiger charge is -2.31. The van der Waals surface area contributed by atoms with Crippen LogP contribution in [0, 0.1) is 23.2 Å². The maximum atomic E-state index is 4.57. The van der Waals surface area contributed by atoms with Gasteiger partial charge in [-0.05, 0) is 55.4 Å². The second-order valence-electron chi connectivity index (χ2n) is 7.77. The van der Waals surface area contributed by atoms with E-state index >= 15 is 0 Å². The van der Waals surface area contributed by atoms with E-state index in [1.54, 1.807) is 6.33 Å². The summed E-state index contributed by atoms with van der Waals surface area (Å²) in [5, 5.41) is 8.12. The van der Waals surface area contributed by atoms with Gasteiger partial charge in [0.05, 0.1) is 0 Å². The molecule has 0 amide bonds. The van der Waals surface area contributed by atoms with Crippen LogP contribution in [0.4, 0.5) is 0 Å². The van der Waals surface area contributed by atoms with Crippen molar-refractivity contribution in [2.24, 2.45) is 23.2 Å². The quantitative estimate of drug-likeness (QED) is 0.749. The predicted molar refractivity (Wildman–Crippen MR) is 85.0 cm³/mol. The van der Waals surface area contributed by atoms with E-state index in [-0.39, 0.29) is 0 Å². The summed E-state index contributed by atoms with van der Waals surface area (Å²) in [6.07, 6.45) is 8.32. The normalized spacial score (nSPS) is 30.9. The Hall–Kier alpha value is -0.900. The largest absolute Gasteiger partial charge is 0.316 e. The van der Waals surface area contributed by atoms with Crippen molar-refractivity contribution in [3.63, 3.8) is 0 Å². The molecule has 1 N–H and O–H groups in total.